The molecular formula is C19H19N3O5. The highest BCUT2D eigenvalue weighted by Gasteiger charge is 2.15. The number of phenols is 1. The number of hydrogen-bond donors (Lipinski definition) is 3. The number of carbonyl (C=O) groups is 2. The van der Waals surface area contributed by atoms with E-state index < -0.39 is 5.91 Å². The number of rotatable bonds is 5. The lowest BCUT2D eigenvalue weighted by Crippen LogP contribution is -2.21. The quantitative estimate of drug-likeness (QED) is 0.554. The molecule has 27 heavy (non-hydrogen) atoms. The zero-order valence-corrected chi connectivity index (χ0v) is 14.9. The Balaban J connectivity index is 1.56. The molecule has 2 amide bonds. The molecule has 0 atom stereocenters. The summed E-state index contributed by atoms with van der Waals surface area (Å²) in [6.45, 7) is 3.48. The van der Waals surface area contributed by atoms with Gasteiger partial charge in [-0.05, 0) is 37.6 Å². The predicted octanol–water partition coefficient (Wildman–Crippen LogP) is 2.56. The van der Waals surface area contributed by atoms with E-state index in [9.17, 15) is 14.7 Å². The van der Waals surface area contributed by atoms with Crippen molar-refractivity contribution >= 4 is 23.2 Å². The van der Waals surface area contributed by atoms with Gasteiger partial charge in [-0.2, -0.15) is 5.10 Å². The fourth-order valence-electron chi connectivity index (χ4n) is 2.50. The average molecular weight is 369 g/mol. The number of fused-ring (bicyclic) bond motifs is 1. The Bertz CT molecular complexity index is 924. The fourth-order valence-corrected chi connectivity index (χ4v) is 2.50. The Kier molecular flexibility index (Phi) is 5.25. The normalized spacial score (nSPS) is 12.6. The third-order valence-electron chi connectivity index (χ3n) is 3.90. The minimum absolute atomic E-state index is 0.00544. The molecule has 2 aromatic carbocycles. The first-order valence-electron chi connectivity index (χ1n) is 8.25. The molecule has 0 fully saturated rings. The van der Waals surface area contributed by atoms with Crippen molar-refractivity contribution in [1.82, 2.24) is 5.43 Å². The maximum absolute atomic E-state index is 12.1. The summed E-state index contributed by atoms with van der Waals surface area (Å²) in [4.78, 5) is 24.2. The van der Waals surface area contributed by atoms with Crippen molar-refractivity contribution in [3.05, 3.63) is 47.5 Å². The molecule has 8 nitrogen and oxygen atoms in total. The number of ether oxygens (including phenoxy) is 2. The predicted molar refractivity (Wildman–Crippen MR) is 99.2 cm³/mol. The molecule has 0 aliphatic carbocycles. The van der Waals surface area contributed by atoms with Gasteiger partial charge < -0.3 is 19.9 Å². The van der Waals surface area contributed by atoms with Crippen molar-refractivity contribution < 1.29 is 24.2 Å². The second-order valence-electron chi connectivity index (χ2n) is 6.05. The minimum atomic E-state index is -0.549. The number of carbonyl (C=O) groups excluding carboxylic acids is 2. The lowest BCUT2D eigenvalue weighted by Gasteiger charge is -2.07. The first kappa shape index (κ1) is 18.2. The number of benzene rings is 2. The van der Waals surface area contributed by atoms with Gasteiger partial charge in [0.15, 0.2) is 11.5 Å². The lowest BCUT2D eigenvalue weighted by atomic mass is 10.1. The van der Waals surface area contributed by atoms with Crippen molar-refractivity contribution in [3.63, 3.8) is 0 Å². The maximum atomic E-state index is 12.1. The van der Waals surface area contributed by atoms with Crippen LogP contribution >= 0.6 is 0 Å². The smallest absolute Gasteiger partial charge is 0.275 e. The van der Waals surface area contributed by atoms with E-state index >= 15 is 0 Å². The highest BCUT2D eigenvalue weighted by Crippen LogP contribution is 2.34. The summed E-state index contributed by atoms with van der Waals surface area (Å²) in [6.07, 6.45) is -0.00544. The van der Waals surface area contributed by atoms with Crippen LogP contribution in [-0.4, -0.2) is 29.4 Å². The molecule has 0 spiro atoms. The molecule has 8 heteroatoms. The van der Waals surface area contributed by atoms with Gasteiger partial charge >= 0.3 is 0 Å². The molecule has 0 unspecified atom stereocenters. The number of para-hydroxylation sites is 1. The van der Waals surface area contributed by atoms with Gasteiger partial charge in [0, 0.05) is 17.5 Å². The lowest BCUT2D eigenvalue weighted by molar-refractivity contribution is -0.115. The third-order valence-corrected chi connectivity index (χ3v) is 3.90. The zero-order chi connectivity index (χ0) is 19.4. The van der Waals surface area contributed by atoms with Crippen LogP contribution in [0.1, 0.15) is 29.3 Å². The molecule has 0 saturated heterocycles. The summed E-state index contributed by atoms with van der Waals surface area (Å²) >= 11 is 0. The molecule has 0 radical (unpaired) electrons. The highest BCUT2D eigenvalue weighted by atomic mass is 16.7. The first-order chi connectivity index (χ1) is 12.9. The number of amides is 2. The van der Waals surface area contributed by atoms with Crippen LogP contribution in [0, 0.1) is 6.92 Å². The topological polar surface area (TPSA) is 109 Å². The SMILES string of the molecule is CC(CC(=O)Nc1ccc2c(c1)OCO2)=NNC(=O)c1cccc(C)c1O. The summed E-state index contributed by atoms with van der Waals surface area (Å²) < 4.78 is 10.5. The second kappa shape index (κ2) is 7.77. The van der Waals surface area contributed by atoms with E-state index in [1.165, 1.54) is 6.07 Å². The van der Waals surface area contributed by atoms with E-state index in [0.29, 0.717) is 28.5 Å². The van der Waals surface area contributed by atoms with Gasteiger partial charge in [0.1, 0.15) is 5.75 Å². The van der Waals surface area contributed by atoms with E-state index in [1.807, 2.05) is 0 Å². The Hall–Kier alpha value is -3.55. The van der Waals surface area contributed by atoms with Crippen LogP contribution in [0.4, 0.5) is 5.69 Å². The van der Waals surface area contributed by atoms with Crippen molar-refractivity contribution in [2.24, 2.45) is 5.10 Å². The molecule has 1 aliphatic heterocycles. The summed E-state index contributed by atoms with van der Waals surface area (Å²) in [7, 11) is 0. The van der Waals surface area contributed by atoms with Gasteiger partial charge in [0.2, 0.25) is 12.7 Å². The number of nitrogens with one attached hydrogen (secondary N) is 2. The van der Waals surface area contributed by atoms with Crippen LogP contribution in [0.25, 0.3) is 0 Å². The molecule has 1 aliphatic rings. The van der Waals surface area contributed by atoms with Crippen LogP contribution < -0.4 is 20.2 Å². The van der Waals surface area contributed by atoms with Gasteiger partial charge in [0.05, 0.1) is 12.0 Å². The first-order valence-corrected chi connectivity index (χ1v) is 8.25. The average Bonchev–Trinajstić information content (AvgIpc) is 3.09. The Morgan fingerprint density at radius 3 is 2.78 bits per heavy atom. The molecule has 140 valence electrons. The summed E-state index contributed by atoms with van der Waals surface area (Å²) in [5, 5.41) is 16.6. The molecular weight excluding hydrogens is 350 g/mol. The zero-order valence-electron chi connectivity index (χ0n) is 14.9. The molecule has 0 bridgehead atoms. The second-order valence-corrected chi connectivity index (χ2v) is 6.05. The van der Waals surface area contributed by atoms with E-state index in [4.69, 9.17) is 9.47 Å². The molecule has 0 aromatic heterocycles. The van der Waals surface area contributed by atoms with Gasteiger partial charge in [-0.1, -0.05) is 12.1 Å². The van der Waals surface area contributed by atoms with Crippen LogP contribution in [0.5, 0.6) is 17.2 Å². The minimum Gasteiger partial charge on any atom is -0.507 e. The van der Waals surface area contributed by atoms with Crippen molar-refractivity contribution in [3.8, 4) is 17.2 Å². The van der Waals surface area contributed by atoms with E-state index in [0.717, 1.165) is 0 Å². The number of aromatic hydroxyl groups is 1. The third kappa shape index (κ3) is 4.35. The number of anilines is 1. The van der Waals surface area contributed by atoms with Crippen molar-refractivity contribution in [2.75, 3.05) is 12.1 Å². The molecule has 2 aromatic rings. The van der Waals surface area contributed by atoms with Crippen LogP contribution in [0.2, 0.25) is 0 Å². The van der Waals surface area contributed by atoms with E-state index in [2.05, 4.69) is 15.8 Å². The maximum Gasteiger partial charge on any atom is 0.275 e. The number of aryl methyl sites for hydroxylation is 1. The Labute approximate surface area is 155 Å². The monoisotopic (exact) mass is 369 g/mol. The number of phenolic OH excluding ortho intramolecular Hbond substituents is 1. The van der Waals surface area contributed by atoms with Crippen LogP contribution in [-0.2, 0) is 4.79 Å². The summed E-state index contributed by atoms with van der Waals surface area (Å²) in [5.74, 6) is 0.272. The number of hydrazone groups is 1. The van der Waals surface area contributed by atoms with E-state index in [1.54, 1.807) is 44.2 Å². The molecule has 0 saturated carbocycles. The largest absolute Gasteiger partial charge is 0.507 e. The summed E-state index contributed by atoms with van der Waals surface area (Å²) in [6, 6.07) is 9.96. The molecule has 3 rings (SSSR count). The van der Waals surface area contributed by atoms with Gasteiger partial charge in [0.25, 0.3) is 5.91 Å². The summed E-state index contributed by atoms with van der Waals surface area (Å²) in [5.41, 5.74) is 4.04. The Morgan fingerprint density at radius 2 is 1.96 bits per heavy atom. The molecule has 1 heterocycles. The van der Waals surface area contributed by atoms with Crippen molar-refractivity contribution in [1.29, 1.82) is 0 Å². The van der Waals surface area contributed by atoms with Gasteiger partial charge in [-0.3, -0.25) is 9.59 Å². The van der Waals surface area contributed by atoms with Gasteiger partial charge in [-0.15, -0.1) is 0 Å². The Morgan fingerprint density at radius 1 is 1.19 bits per heavy atom. The molecule has 3 N–H and O–H groups in total. The van der Waals surface area contributed by atoms with Crippen LogP contribution in [0.15, 0.2) is 41.5 Å². The van der Waals surface area contributed by atoms with Gasteiger partial charge in [-0.25, -0.2) is 5.43 Å². The van der Waals surface area contributed by atoms with E-state index in [-0.39, 0.29) is 30.4 Å². The number of nitrogens with zero attached hydrogens (tertiary/aromatic N) is 1. The highest BCUT2D eigenvalue weighted by molar-refractivity contribution is 6.06. The van der Waals surface area contributed by atoms with Crippen molar-refractivity contribution in [2.45, 2.75) is 20.3 Å². The number of hydrogen-bond acceptors (Lipinski definition) is 6. The fraction of sp³-hybridized carbons (Fsp3) is 0.211. The van der Waals surface area contributed by atoms with Crippen LogP contribution in [0.3, 0.4) is 0 Å². The standard InChI is InChI=1S/C19H19N3O5/c1-11-4-3-5-14(18(11)24)19(25)22-21-12(2)8-17(23)20-13-6-7-15-16(9-13)27-10-26-15/h3-7,9,24H,8,10H2,1-2H3,(H,20,23)(H,22,25).